The van der Waals surface area contributed by atoms with Gasteiger partial charge in [0.1, 0.15) is 5.82 Å². The van der Waals surface area contributed by atoms with Crippen molar-refractivity contribution in [2.75, 3.05) is 36.0 Å². The Labute approximate surface area is 161 Å². The first kappa shape index (κ1) is 17.9. The standard InChI is InChI=1S/C20H19ClFN3O2/c21-16-3-1-2-4-17(16)23-9-11-24(12-10-23)18-13-19(26)25(20(18)27)15-7-5-14(22)6-8-15/h1-8,18H,9-13H2/p+1/t18-/m0/s1. The smallest absolute Gasteiger partial charge is 0.292 e. The number of halogens is 2. The van der Waals surface area contributed by atoms with E-state index in [1.807, 2.05) is 24.3 Å². The Kier molecular flexibility index (Phi) is 4.85. The van der Waals surface area contributed by atoms with E-state index in [2.05, 4.69) is 4.90 Å². The first-order valence-corrected chi connectivity index (χ1v) is 9.39. The van der Waals surface area contributed by atoms with Gasteiger partial charge in [-0.15, -0.1) is 0 Å². The number of amides is 2. The fourth-order valence-corrected chi connectivity index (χ4v) is 4.16. The maximum Gasteiger partial charge on any atom is 0.292 e. The molecule has 2 aromatic rings. The third kappa shape index (κ3) is 3.42. The molecule has 0 aromatic heterocycles. The van der Waals surface area contributed by atoms with Crippen molar-refractivity contribution in [3.63, 3.8) is 0 Å². The van der Waals surface area contributed by atoms with E-state index in [0.29, 0.717) is 5.69 Å². The van der Waals surface area contributed by atoms with Crippen LogP contribution in [0.1, 0.15) is 6.42 Å². The van der Waals surface area contributed by atoms with Crippen molar-refractivity contribution in [1.29, 1.82) is 0 Å². The van der Waals surface area contributed by atoms with E-state index in [-0.39, 0.29) is 24.3 Å². The van der Waals surface area contributed by atoms with Gasteiger partial charge in [0.2, 0.25) is 5.91 Å². The van der Waals surface area contributed by atoms with Crippen molar-refractivity contribution in [3.8, 4) is 0 Å². The van der Waals surface area contributed by atoms with Gasteiger partial charge in [-0.1, -0.05) is 23.7 Å². The van der Waals surface area contributed by atoms with Crippen LogP contribution in [0.2, 0.25) is 5.02 Å². The summed E-state index contributed by atoms with van der Waals surface area (Å²) in [7, 11) is 0. The maximum atomic E-state index is 13.1. The van der Waals surface area contributed by atoms with E-state index in [0.717, 1.165) is 41.8 Å². The van der Waals surface area contributed by atoms with Crippen LogP contribution in [0.25, 0.3) is 0 Å². The molecule has 0 unspecified atom stereocenters. The molecule has 2 aliphatic rings. The van der Waals surface area contributed by atoms with Crippen molar-refractivity contribution in [2.24, 2.45) is 0 Å². The second kappa shape index (κ2) is 7.29. The Bertz CT molecular complexity index is 866. The van der Waals surface area contributed by atoms with E-state index in [4.69, 9.17) is 11.6 Å². The monoisotopic (exact) mass is 388 g/mol. The van der Waals surface area contributed by atoms with Gasteiger partial charge in [-0.25, -0.2) is 9.29 Å². The number of quaternary nitrogens is 1. The molecule has 2 aromatic carbocycles. The lowest BCUT2D eigenvalue weighted by Gasteiger charge is -2.36. The molecular formula is C20H20ClFN3O2+. The molecule has 0 spiro atoms. The van der Waals surface area contributed by atoms with Gasteiger partial charge < -0.3 is 9.80 Å². The highest BCUT2D eigenvalue weighted by Gasteiger charge is 2.46. The molecule has 0 saturated carbocycles. The van der Waals surface area contributed by atoms with E-state index in [1.165, 1.54) is 29.2 Å². The van der Waals surface area contributed by atoms with Gasteiger partial charge in [0, 0.05) is 0 Å². The summed E-state index contributed by atoms with van der Waals surface area (Å²) in [6.07, 6.45) is 0.192. The molecule has 5 nitrogen and oxygen atoms in total. The Balaban J connectivity index is 1.44. The van der Waals surface area contributed by atoms with Crippen LogP contribution in [-0.4, -0.2) is 44.0 Å². The SMILES string of the molecule is O=C1C[C@H]([NH+]2CCN(c3ccccc3Cl)CC2)C(=O)N1c1ccc(F)cc1. The molecule has 2 fully saturated rings. The average molecular weight is 389 g/mol. The highest BCUT2D eigenvalue weighted by Crippen LogP contribution is 2.25. The number of rotatable bonds is 3. The van der Waals surface area contributed by atoms with Gasteiger partial charge in [-0.05, 0) is 36.4 Å². The van der Waals surface area contributed by atoms with E-state index in [1.54, 1.807) is 0 Å². The molecule has 1 N–H and O–H groups in total. The third-order valence-corrected chi connectivity index (χ3v) is 5.64. The Hall–Kier alpha value is -2.44. The molecule has 0 aliphatic carbocycles. The van der Waals surface area contributed by atoms with Crippen LogP contribution < -0.4 is 14.7 Å². The topological polar surface area (TPSA) is 45.1 Å². The zero-order chi connectivity index (χ0) is 19.0. The van der Waals surface area contributed by atoms with Gasteiger partial charge in [0.05, 0.1) is 49.0 Å². The summed E-state index contributed by atoms with van der Waals surface area (Å²) in [5, 5.41) is 0.718. The fraction of sp³-hybridized carbons (Fsp3) is 0.300. The molecule has 4 rings (SSSR count). The second-order valence-corrected chi connectivity index (χ2v) is 7.30. The molecule has 1 atom stereocenters. The second-order valence-electron chi connectivity index (χ2n) is 6.90. The molecular weight excluding hydrogens is 369 g/mol. The number of nitrogens with one attached hydrogen (secondary N) is 1. The predicted molar refractivity (Wildman–Crippen MR) is 102 cm³/mol. The number of anilines is 2. The molecule has 27 heavy (non-hydrogen) atoms. The summed E-state index contributed by atoms with van der Waals surface area (Å²) in [6.45, 7) is 3.06. The van der Waals surface area contributed by atoms with Crippen molar-refractivity contribution in [2.45, 2.75) is 12.5 Å². The number of hydrogen-bond acceptors (Lipinski definition) is 3. The average Bonchev–Trinajstić information content (AvgIpc) is 2.97. The van der Waals surface area contributed by atoms with Crippen molar-refractivity contribution in [1.82, 2.24) is 0 Å². The minimum Gasteiger partial charge on any atom is -0.359 e. The molecule has 0 bridgehead atoms. The minimum absolute atomic E-state index is 0.192. The zero-order valence-electron chi connectivity index (χ0n) is 14.7. The number of carbonyl (C=O) groups excluding carboxylic acids is 2. The zero-order valence-corrected chi connectivity index (χ0v) is 15.5. The van der Waals surface area contributed by atoms with Crippen LogP contribution in [-0.2, 0) is 9.59 Å². The van der Waals surface area contributed by atoms with Crippen LogP contribution in [0, 0.1) is 5.82 Å². The quantitative estimate of drug-likeness (QED) is 0.811. The normalized spacial score (nSPS) is 21.2. The van der Waals surface area contributed by atoms with Gasteiger partial charge in [-0.2, -0.15) is 0 Å². The lowest BCUT2D eigenvalue weighted by atomic mass is 10.1. The minimum atomic E-state index is -0.393. The molecule has 2 aliphatic heterocycles. The molecule has 0 radical (unpaired) electrons. The Morgan fingerprint density at radius 1 is 1.00 bits per heavy atom. The summed E-state index contributed by atoms with van der Waals surface area (Å²) in [5.74, 6) is -0.818. The number of hydrogen-bond donors (Lipinski definition) is 1. The number of benzene rings is 2. The molecule has 2 amide bonds. The van der Waals surface area contributed by atoms with Crippen LogP contribution in [0.5, 0.6) is 0 Å². The fourth-order valence-electron chi connectivity index (χ4n) is 3.90. The molecule has 2 heterocycles. The van der Waals surface area contributed by atoms with Crippen LogP contribution in [0.15, 0.2) is 48.5 Å². The van der Waals surface area contributed by atoms with E-state index < -0.39 is 5.82 Å². The van der Waals surface area contributed by atoms with Crippen molar-refractivity contribution < 1.29 is 18.9 Å². The van der Waals surface area contributed by atoms with Gasteiger partial charge >= 0.3 is 0 Å². The largest absolute Gasteiger partial charge is 0.359 e. The van der Waals surface area contributed by atoms with E-state index in [9.17, 15) is 14.0 Å². The van der Waals surface area contributed by atoms with Crippen molar-refractivity contribution >= 4 is 34.8 Å². The summed E-state index contributed by atoms with van der Waals surface area (Å²) in [6, 6.07) is 12.8. The summed E-state index contributed by atoms with van der Waals surface area (Å²) in [5.41, 5.74) is 1.43. The van der Waals surface area contributed by atoms with Gasteiger partial charge in [-0.3, -0.25) is 9.59 Å². The maximum absolute atomic E-state index is 13.1. The predicted octanol–water partition coefficient (Wildman–Crippen LogP) is 1.52. The van der Waals surface area contributed by atoms with Crippen LogP contribution in [0.3, 0.4) is 0 Å². The molecule has 2 saturated heterocycles. The number of carbonyl (C=O) groups is 2. The summed E-state index contributed by atoms with van der Waals surface area (Å²) >= 11 is 6.28. The Morgan fingerprint density at radius 2 is 1.67 bits per heavy atom. The molecule has 7 heteroatoms. The number of para-hydroxylation sites is 1. The first-order chi connectivity index (χ1) is 13.0. The van der Waals surface area contributed by atoms with Gasteiger partial charge in [0.15, 0.2) is 6.04 Å². The highest BCUT2D eigenvalue weighted by molar-refractivity contribution is 6.33. The number of imide groups is 1. The lowest BCUT2D eigenvalue weighted by molar-refractivity contribution is -0.915. The first-order valence-electron chi connectivity index (χ1n) is 9.01. The van der Waals surface area contributed by atoms with E-state index >= 15 is 0 Å². The molecule has 140 valence electrons. The summed E-state index contributed by atoms with van der Waals surface area (Å²) in [4.78, 5) is 29.8. The van der Waals surface area contributed by atoms with Crippen molar-refractivity contribution in [3.05, 3.63) is 59.4 Å². The third-order valence-electron chi connectivity index (χ3n) is 5.32. The summed E-state index contributed by atoms with van der Waals surface area (Å²) < 4.78 is 13.1. The number of piperazine rings is 1. The van der Waals surface area contributed by atoms with Gasteiger partial charge in [0.25, 0.3) is 5.91 Å². The number of nitrogens with zero attached hydrogens (tertiary/aromatic N) is 2. The van der Waals surface area contributed by atoms with Crippen LogP contribution >= 0.6 is 11.6 Å². The highest BCUT2D eigenvalue weighted by atomic mass is 35.5. The lowest BCUT2D eigenvalue weighted by Crippen LogP contribution is -3.19. The van der Waals surface area contributed by atoms with Crippen LogP contribution in [0.4, 0.5) is 15.8 Å². The Morgan fingerprint density at radius 3 is 2.33 bits per heavy atom.